The molecular weight excluding hydrogens is 188 g/mol. The van der Waals surface area contributed by atoms with Gasteiger partial charge in [-0.2, -0.15) is 0 Å². The van der Waals surface area contributed by atoms with Crippen LogP contribution in [0.15, 0.2) is 11.8 Å². The Bertz CT molecular complexity index is 166. The highest BCUT2D eigenvalue weighted by molar-refractivity contribution is 5.98. The summed E-state index contributed by atoms with van der Waals surface area (Å²) in [7, 11) is 0.855. The van der Waals surface area contributed by atoms with Crippen LogP contribution in [-0.2, 0) is 4.43 Å². The molecule has 0 radical (unpaired) electrons. The van der Waals surface area contributed by atoms with Gasteiger partial charge < -0.3 is 4.43 Å². The third-order valence-corrected chi connectivity index (χ3v) is 3.54. The van der Waals surface area contributed by atoms with Crippen LogP contribution < -0.4 is 0 Å². The summed E-state index contributed by atoms with van der Waals surface area (Å²) >= 11 is 0. The summed E-state index contributed by atoms with van der Waals surface area (Å²) in [6.07, 6.45) is 16.0. The highest BCUT2D eigenvalue weighted by Crippen LogP contribution is 2.16. The average molecular weight is 212 g/mol. The van der Waals surface area contributed by atoms with Crippen molar-refractivity contribution < 1.29 is 4.43 Å². The molecule has 0 fully saturated rings. The Hall–Kier alpha value is -0.243. The molecule has 0 heterocycles. The van der Waals surface area contributed by atoms with Gasteiger partial charge in [0.15, 0.2) is 0 Å². The molecule has 1 nitrogen and oxygen atoms in total. The van der Waals surface area contributed by atoms with Crippen molar-refractivity contribution in [3.8, 4) is 0 Å². The summed E-state index contributed by atoms with van der Waals surface area (Å²) < 4.78 is 5.50. The second kappa shape index (κ2) is 8.10. The molecular formula is C12H24OSi. The molecule has 0 atom stereocenters. The molecule has 0 aliphatic heterocycles. The van der Waals surface area contributed by atoms with E-state index in [1.807, 2.05) is 0 Å². The summed E-state index contributed by atoms with van der Waals surface area (Å²) in [5.74, 6) is 1.28. The van der Waals surface area contributed by atoms with E-state index in [0.29, 0.717) is 0 Å². The Balaban J connectivity index is 2.29. The highest BCUT2D eigenvalue weighted by Gasteiger charge is 1.98. The van der Waals surface area contributed by atoms with Crippen molar-refractivity contribution in [2.24, 2.45) is 0 Å². The zero-order valence-corrected chi connectivity index (χ0v) is 11.6. The normalized spacial score (nSPS) is 21.9. The first kappa shape index (κ1) is 11.8. The van der Waals surface area contributed by atoms with Gasteiger partial charge in [-0.05, 0) is 25.3 Å². The zero-order chi connectivity index (χ0) is 10.1. The fraction of sp³-hybridized carbons (Fsp3) is 0.833. The molecule has 0 aromatic heterocycles. The van der Waals surface area contributed by atoms with Gasteiger partial charge in [0.1, 0.15) is 0 Å². The maximum absolute atomic E-state index is 5.50. The Morgan fingerprint density at radius 3 is 2.07 bits per heavy atom. The molecule has 0 saturated carbocycles. The number of hydrogen-bond donors (Lipinski definition) is 0. The van der Waals surface area contributed by atoms with Gasteiger partial charge in [-0.1, -0.05) is 38.5 Å². The third kappa shape index (κ3) is 5.48. The van der Waals surface area contributed by atoms with Crippen LogP contribution in [0.3, 0.4) is 0 Å². The maximum atomic E-state index is 5.50. The van der Waals surface area contributed by atoms with Crippen LogP contribution in [0, 0.1) is 0 Å². The van der Waals surface area contributed by atoms with Crippen molar-refractivity contribution >= 4 is 10.5 Å². The average Bonchev–Trinajstić information content (AvgIpc) is 2.19. The van der Waals surface area contributed by atoms with Crippen LogP contribution in [0.1, 0.15) is 64.2 Å². The molecule has 1 rings (SSSR count). The molecule has 0 amide bonds. The third-order valence-electron chi connectivity index (χ3n) is 3.01. The lowest BCUT2D eigenvalue weighted by atomic mass is 10.0. The zero-order valence-electron chi connectivity index (χ0n) is 9.56. The lowest BCUT2D eigenvalue weighted by Crippen LogP contribution is -1.91. The van der Waals surface area contributed by atoms with Crippen LogP contribution in [0.25, 0.3) is 0 Å². The fourth-order valence-corrected chi connectivity index (χ4v) is 2.43. The fourth-order valence-electron chi connectivity index (χ4n) is 2.05. The Kier molecular flexibility index (Phi) is 6.84. The van der Waals surface area contributed by atoms with Gasteiger partial charge in [-0.3, -0.25) is 0 Å². The molecule has 14 heavy (non-hydrogen) atoms. The molecule has 0 saturated heterocycles. The van der Waals surface area contributed by atoms with Crippen molar-refractivity contribution in [1.82, 2.24) is 0 Å². The van der Waals surface area contributed by atoms with E-state index in [1.165, 1.54) is 70.0 Å². The summed E-state index contributed by atoms with van der Waals surface area (Å²) in [6.45, 7) is 0. The largest absolute Gasteiger partial charge is 0.556 e. The van der Waals surface area contributed by atoms with E-state index in [4.69, 9.17) is 4.43 Å². The van der Waals surface area contributed by atoms with Gasteiger partial charge in [-0.15, -0.1) is 0 Å². The monoisotopic (exact) mass is 212 g/mol. The first-order valence-electron chi connectivity index (χ1n) is 6.16. The second-order valence-electron chi connectivity index (χ2n) is 4.24. The number of rotatable bonds is 1. The van der Waals surface area contributed by atoms with Gasteiger partial charge in [0.25, 0.3) is 0 Å². The highest BCUT2D eigenvalue weighted by atomic mass is 28.2. The maximum Gasteiger partial charge on any atom is 0.203 e. The van der Waals surface area contributed by atoms with Gasteiger partial charge in [-0.25, -0.2) is 0 Å². The van der Waals surface area contributed by atoms with Crippen molar-refractivity contribution in [2.45, 2.75) is 64.2 Å². The van der Waals surface area contributed by atoms with E-state index in [1.54, 1.807) is 0 Å². The molecule has 1 aliphatic carbocycles. The smallest absolute Gasteiger partial charge is 0.203 e. The summed E-state index contributed by atoms with van der Waals surface area (Å²) in [4.78, 5) is 0. The minimum absolute atomic E-state index is 0.855. The summed E-state index contributed by atoms with van der Waals surface area (Å²) in [5, 5.41) is 0. The lowest BCUT2D eigenvalue weighted by Gasteiger charge is -2.09. The Morgan fingerprint density at radius 1 is 0.857 bits per heavy atom. The standard InChI is InChI=1S/C12H24OSi/c14-13-12-10-8-6-4-2-1-3-5-7-9-11-12/h10H,1-9,11H2,14H3. The van der Waals surface area contributed by atoms with E-state index in [-0.39, 0.29) is 0 Å². The first-order chi connectivity index (χ1) is 6.93. The van der Waals surface area contributed by atoms with Crippen LogP contribution in [0.4, 0.5) is 0 Å². The molecule has 0 bridgehead atoms. The second-order valence-corrected chi connectivity index (χ2v) is 4.65. The number of allylic oxidation sites excluding steroid dienone is 2. The van der Waals surface area contributed by atoms with Crippen LogP contribution in [0.2, 0.25) is 0 Å². The van der Waals surface area contributed by atoms with E-state index >= 15 is 0 Å². The number of hydrogen-bond acceptors (Lipinski definition) is 1. The van der Waals surface area contributed by atoms with E-state index < -0.39 is 0 Å². The minimum atomic E-state index is 0.855. The van der Waals surface area contributed by atoms with Gasteiger partial charge in [0.05, 0.1) is 5.76 Å². The van der Waals surface area contributed by atoms with Crippen molar-refractivity contribution in [1.29, 1.82) is 0 Å². The van der Waals surface area contributed by atoms with Crippen molar-refractivity contribution in [3.05, 3.63) is 11.8 Å². The van der Waals surface area contributed by atoms with E-state index in [0.717, 1.165) is 10.5 Å². The molecule has 0 N–H and O–H groups in total. The molecule has 0 aromatic carbocycles. The quantitative estimate of drug-likeness (QED) is 0.607. The predicted octanol–water partition coefficient (Wildman–Crippen LogP) is 3.08. The molecule has 2 heteroatoms. The molecule has 0 aromatic rings. The SMILES string of the molecule is [SiH3]OC1=CCCCCCCCCCC1. The van der Waals surface area contributed by atoms with E-state index in [9.17, 15) is 0 Å². The molecule has 0 unspecified atom stereocenters. The topological polar surface area (TPSA) is 9.23 Å². The molecule has 1 aliphatic rings. The van der Waals surface area contributed by atoms with E-state index in [2.05, 4.69) is 6.08 Å². The summed E-state index contributed by atoms with van der Waals surface area (Å²) in [6, 6.07) is 0. The van der Waals surface area contributed by atoms with Gasteiger partial charge >= 0.3 is 0 Å². The minimum Gasteiger partial charge on any atom is -0.556 e. The first-order valence-corrected chi connectivity index (χ1v) is 6.98. The Morgan fingerprint density at radius 2 is 1.43 bits per heavy atom. The van der Waals surface area contributed by atoms with Gasteiger partial charge in [0.2, 0.25) is 10.5 Å². The van der Waals surface area contributed by atoms with Crippen molar-refractivity contribution in [2.75, 3.05) is 0 Å². The van der Waals surface area contributed by atoms with Gasteiger partial charge in [0, 0.05) is 6.42 Å². The van der Waals surface area contributed by atoms with Crippen LogP contribution >= 0.6 is 0 Å². The lowest BCUT2D eigenvalue weighted by molar-refractivity contribution is 0.424. The Labute approximate surface area is 91.5 Å². The predicted molar refractivity (Wildman–Crippen MR) is 65.3 cm³/mol. The molecule has 0 spiro atoms. The van der Waals surface area contributed by atoms with Crippen LogP contribution in [-0.4, -0.2) is 10.5 Å². The molecule has 82 valence electrons. The van der Waals surface area contributed by atoms with Crippen molar-refractivity contribution in [3.63, 3.8) is 0 Å². The van der Waals surface area contributed by atoms with Crippen LogP contribution in [0.5, 0.6) is 0 Å². The summed E-state index contributed by atoms with van der Waals surface area (Å²) in [5.41, 5.74) is 0.